The van der Waals surface area contributed by atoms with E-state index in [0.29, 0.717) is 11.3 Å². The normalized spacial score (nSPS) is 13.5. The third kappa shape index (κ3) is 5.90. The Morgan fingerprint density at radius 2 is 1.93 bits per heavy atom. The van der Waals surface area contributed by atoms with E-state index in [-0.39, 0.29) is 30.0 Å². The smallest absolute Gasteiger partial charge is 0.387 e. The van der Waals surface area contributed by atoms with E-state index in [1.54, 1.807) is 36.4 Å². The molecule has 7 heteroatoms. The number of hydrogen-bond donors (Lipinski definition) is 2. The fraction of sp³-hybridized carbons (Fsp3) is 0.238. The first-order valence-corrected chi connectivity index (χ1v) is 8.91. The molecule has 1 saturated carbocycles. The van der Waals surface area contributed by atoms with Gasteiger partial charge in [0, 0.05) is 29.8 Å². The van der Waals surface area contributed by atoms with Crippen LogP contribution in [0.1, 0.15) is 24.0 Å². The maximum absolute atomic E-state index is 12.4. The molecule has 1 aliphatic carbocycles. The van der Waals surface area contributed by atoms with Crippen molar-refractivity contribution in [3.63, 3.8) is 0 Å². The minimum absolute atomic E-state index is 0.000607. The van der Waals surface area contributed by atoms with Gasteiger partial charge in [-0.2, -0.15) is 8.78 Å². The van der Waals surface area contributed by atoms with Crippen LogP contribution in [0.15, 0.2) is 54.6 Å². The van der Waals surface area contributed by atoms with Gasteiger partial charge in [0.2, 0.25) is 11.8 Å². The van der Waals surface area contributed by atoms with Crippen LogP contribution >= 0.6 is 0 Å². The van der Waals surface area contributed by atoms with Crippen LogP contribution in [0.5, 0.6) is 5.75 Å². The number of alkyl halides is 2. The first-order chi connectivity index (χ1) is 13.5. The monoisotopic (exact) mass is 386 g/mol. The first kappa shape index (κ1) is 19.5. The number of amides is 2. The second-order valence-electron chi connectivity index (χ2n) is 6.43. The Hall–Kier alpha value is -3.22. The largest absolute Gasteiger partial charge is 0.434 e. The van der Waals surface area contributed by atoms with Gasteiger partial charge in [0.05, 0.1) is 0 Å². The van der Waals surface area contributed by atoms with Gasteiger partial charge in [-0.25, -0.2) is 0 Å². The number of rotatable bonds is 8. The van der Waals surface area contributed by atoms with Gasteiger partial charge in [-0.1, -0.05) is 30.3 Å². The zero-order valence-corrected chi connectivity index (χ0v) is 15.0. The second-order valence-corrected chi connectivity index (χ2v) is 6.43. The number of nitrogens with one attached hydrogen (secondary N) is 2. The number of para-hydroxylation sites is 1. The number of carbonyl (C=O) groups excluding carboxylic acids is 2. The number of benzene rings is 2. The van der Waals surface area contributed by atoms with E-state index in [0.717, 1.165) is 18.4 Å². The van der Waals surface area contributed by atoms with Crippen LogP contribution < -0.4 is 15.4 Å². The Morgan fingerprint density at radius 1 is 1.14 bits per heavy atom. The second kappa shape index (κ2) is 9.12. The SMILES string of the molecule is O=C(/C=C/c1ccccc1OC(F)F)NCc1cccc(NC(=O)C2CC2)c1. The summed E-state index contributed by atoms with van der Waals surface area (Å²) >= 11 is 0. The van der Waals surface area contributed by atoms with E-state index in [1.807, 2.05) is 6.07 Å². The molecule has 2 N–H and O–H groups in total. The average molecular weight is 386 g/mol. The summed E-state index contributed by atoms with van der Waals surface area (Å²) in [5, 5.41) is 5.58. The Bertz CT molecular complexity index is 879. The van der Waals surface area contributed by atoms with Crippen molar-refractivity contribution >= 4 is 23.6 Å². The van der Waals surface area contributed by atoms with Gasteiger partial charge >= 0.3 is 6.61 Å². The first-order valence-electron chi connectivity index (χ1n) is 8.91. The quantitative estimate of drug-likeness (QED) is 0.675. The molecule has 0 atom stereocenters. The topological polar surface area (TPSA) is 67.4 Å². The van der Waals surface area contributed by atoms with Gasteiger partial charge in [0.15, 0.2) is 0 Å². The molecular formula is C21H20F2N2O3. The van der Waals surface area contributed by atoms with Crippen LogP contribution in [0.3, 0.4) is 0 Å². The van der Waals surface area contributed by atoms with Gasteiger partial charge in [-0.05, 0) is 42.7 Å². The zero-order chi connectivity index (χ0) is 19.9. The molecule has 2 amide bonds. The summed E-state index contributed by atoms with van der Waals surface area (Å²) in [7, 11) is 0. The van der Waals surface area contributed by atoms with Crippen LogP contribution in [0.2, 0.25) is 0 Å². The lowest BCUT2D eigenvalue weighted by atomic mass is 10.1. The van der Waals surface area contributed by atoms with E-state index in [4.69, 9.17) is 0 Å². The predicted octanol–water partition coefficient (Wildman–Crippen LogP) is 3.97. The molecule has 2 aromatic carbocycles. The molecule has 5 nitrogen and oxygen atoms in total. The minimum atomic E-state index is -2.93. The van der Waals surface area contributed by atoms with Crippen molar-refractivity contribution in [3.8, 4) is 5.75 Å². The van der Waals surface area contributed by atoms with Crippen LogP contribution in [-0.4, -0.2) is 18.4 Å². The van der Waals surface area contributed by atoms with E-state index < -0.39 is 6.61 Å². The lowest BCUT2D eigenvalue weighted by Gasteiger charge is -2.08. The van der Waals surface area contributed by atoms with E-state index in [2.05, 4.69) is 15.4 Å². The molecule has 0 bridgehead atoms. The van der Waals surface area contributed by atoms with Crippen molar-refractivity contribution in [2.75, 3.05) is 5.32 Å². The van der Waals surface area contributed by atoms with E-state index in [1.165, 1.54) is 18.2 Å². The highest BCUT2D eigenvalue weighted by molar-refractivity contribution is 5.94. The highest BCUT2D eigenvalue weighted by Crippen LogP contribution is 2.30. The van der Waals surface area contributed by atoms with Gasteiger partial charge < -0.3 is 15.4 Å². The summed E-state index contributed by atoms with van der Waals surface area (Å²) in [6, 6.07) is 13.5. The van der Waals surface area contributed by atoms with Crippen LogP contribution in [0.25, 0.3) is 6.08 Å². The predicted molar refractivity (Wildman–Crippen MR) is 102 cm³/mol. The summed E-state index contributed by atoms with van der Waals surface area (Å²) in [5.74, 6) is -0.237. The third-order valence-corrected chi connectivity index (χ3v) is 4.16. The molecule has 1 fully saturated rings. The molecular weight excluding hydrogens is 366 g/mol. The lowest BCUT2D eigenvalue weighted by molar-refractivity contribution is -0.117. The zero-order valence-electron chi connectivity index (χ0n) is 15.0. The van der Waals surface area contributed by atoms with Crippen molar-refractivity contribution in [1.29, 1.82) is 0 Å². The van der Waals surface area contributed by atoms with Crippen LogP contribution in [-0.2, 0) is 16.1 Å². The Labute approximate surface area is 161 Å². The third-order valence-electron chi connectivity index (χ3n) is 4.16. The molecule has 0 aromatic heterocycles. The summed E-state index contributed by atoms with van der Waals surface area (Å²) in [4.78, 5) is 23.8. The Kier molecular flexibility index (Phi) is 6.37. The fourth-order valence-corrected chi connectivity index (χ4v) is 2.58. The number of ether oxygens (including phenoxy) is 1. The van der Waals surface area contributed by atoms with Gasteiger partial charge in [-0.3, -0.25) is 9.59 Å². The molecule has 0 heterocycles. The van der Waals surface area contributed by atoms with Crippen molar-refractivity contribution in [3.05, 3.63) is 65.7 Å². The maximum Gasteiger partial charge on any atom is 0.387 e. The molecule has 0 radical (unpaired) electrons. The van der Waals surface area contributed by atoms with Crippen molar-refractivity contribution in [1.82, 2.24) is 5.32 Å². The molecule has 1 aliphatic rings. The maximum atomic E-state index is 12.4. The lowest BCUT2D eigenvalue weighted by Crippen LogP contribution is -2.20. The molecule has 2 aromatic rings. The molecule has 0 saturated heterocycles. The average Bonchev–Trinajstić information content (AvgIpc) is 3.51. The van der Waals surface area contributed by atoms with E-state index in [9.17, 15) is 18.4 Å². The van der Waals surface area contributed by atoms with Crippen LogP contribution in [0, 0.1) is 5.92 Å². The molecule has 0 unspecified atom stereocenters. The highest BCUT2D eigenvalue weighted by Gasteiger charge is 2.29. The standard InChI is InChI=1S/C21H20F2N2O3/c22-21(23)28-18-7-2-1-5-15(18)10-11-19(26)24-13-14-4-3-6-17(12-14)25-20(27)16-8-9-16/h1-7,10-12,16,21H,8-9,13H2,(H,24,26)(H,25,27)/b11-10+. The van der Waals surface area contributed by atoms with E-state index >= 15 is 0 Å². The number of anilines is 1. The van der Waals surface area contributed by atoms with Gasteiger partial charge in [-0.15, -0.1) is 0 Å². The molecule has 3 rings (SSSR count). The Morgan fingerprint density at radius 3 is 2.68 bits per heavy atom. The summed E-state index contributed by atoms with van der Waals surface area (Å²) < 4.78 is 29.3. The number of hydrogen-bond acceptors (Lipinski definition) is 3. The van der Waals surface area contributed by atoms with Crippen molar-refractivity contribution < 1.29 is 23.1 Å². The number of halogens is 2. The fourth-order valence-electron chi connectivity index (χ4n) is 2.58. The number of carbonyl (C=O) groups is 2. The molecule has 0 aliphatic heterocycles. The summed E-state index contributed by atoms with van der Waals surface area (Å²) in [5.41, 5.74) is 1.90. The Balaban J connectivity index is 1.54. The highest BCUT2D eigenvalue weighted by atomic mass is 19.3. The minimum Gasteiger partial charge on any atom is -0.434 e. The molecule has 0 spiro atoms. The molecule has 146 valence electrons. The van der Waals surface area contributed by atoms with Gasteiger partial charge in [0.1, 0.15) is 5.75 Å². The van der Waals surface area contributed by atoms with Crippen molar-refractivity contribution in [2.45, 2.75) is 26.0 Å². The van der Waals surface area contributed by atoms with Crippen molar-refractivity contribution in [2.24, 2.45) is 5.92 Å². The molecule has 28 heavy (non-hydrogen) atoms. The van der Waals surface area contributed by atoms with Crippen LogP contribution in [0.4, 0.5) is 14.5 Å². The van der Waals surface area contributed by atoms with Gasteiger partial charge in [0.25, 0.3) is 0 Å². The summed E-state index contributed by atoms with van der Waals surface area (Å²) in [6.07, 6.45) is 4.53. The summed E-state index contributed by atoms with van der Waals surface area (Å²) in [6.45, 7) is -2.66.